The first-order valence-electron chi connectivity index (χ1n) is 15.4. The molecule has 4 amide bonds. The van der Waals surface area contributed by atoms with Gasteiger partial charge in [-0.2, -0.15) is 0 Å². The number of nitrogens with zero attached hydrogens (tertiary/aromatic N) is 2. The van der Waals surface area contributed by atoms with Gasteiger partial charge in [0.15, 0.2) is 0 Å². The molecule has 2 aromatic carbocycles. The fraction of sp³-hybridized carbons (Fsp3) is 0.529. The molecule has 0 unspecified atom stereocenters. The first-order valence-corrected chi connectivity index (χ1v) is 15.4. The minimum atomic E-state index is -0.845. The number of amides is 4. The number of fused-ring (bicyclic) bond motifs is 1. The van der Waals surface area contributed by atoms with Gasteiger partial charge in [0.25, 0.3) is 0 Å². The molecule has 2 aromatic rings. The molecule has 0 radical (unpaired) electrons. The predicted molar refractivity (Wildman–Crippen MR) is 165 cm³/mol. The highest BCUT2D eigenvalue weighted by atomic mass is 16.6. The quantitative estimate of drug-likeness (QED) is 0.478. The zero-order chi connectivity index (χ0) is 31.3. The van der Waals surface area contributed by atoms with E-state index >= 15 is 0 Å². The third kappa shape index (κ3) is 7.94. The molecular formula is C34H46N4O5. The number of aryl methyl sites for hydroxylation is 1. The standard InChI is InChI=1S/C34H46N4O5/c1-22-16-18-25(19-17-22)29(24-12-8-7-9-13-24)36-31(40)28-21-20-26-14-10-11-15-27(32(41)38(26)28)35-30(39)23(2)37(6)33(42)43-34(3,4)5/h7-9,12-13,16-19,23,26-29H,10-11,14-15,20-21H2,1-6H3,(H,35,39)(H,36,40)/t23-,26-,27-,28-,29-/m0/s1. The van der Waals surface area contributed by atoms with Crippen LogP contribution >= 0.6 is 0 Å². The minimum Gasteiger partial charge on any atom is -0.444 e. The molecule has 0 bridgehead atoms. The summed E-state index contributed by atoms with van der Waals surface area (Å²) >= 11 is 0. The maximum Gasteiger partial charge on any atom is 0.410 e. The monoisotopic (exact) mass is 590 g/mol. The summed E-state index contributed by atoms with van der Waals surface area (Å²) in [5.74, 6) is -0.879. The van der Waals surface area contributed by atoms with Crippen LogP contribution in [0.3, 0.4) is 0 Å². The van der Waals surface area contributed by atoms with Gasteiger partial charge in [-0.25, -0.2) is 4.79 Å². The summed E-state index contributed by atoms with van der Waals surface area (Å²) in [6.45, 7) is 8.92. The van der Waals surface area contributed by atoms with Crippen LogP contribution in [0, 0.1) is 6.92 Å². The number of likely N-dealkylation sites (N-methyl/N-ethyl adjacent to an activating group) is 1. The van der Waals surface area contributed by atoms with Crippen molar-refractivity contribution in [3.05, 3.63) is 71.3 Å². The molecule has 9 heteroatoms. The van der Waals surface area contributed by atoms with Crippen molar-refractivity contribution in [1.82, 2.24) is 20.4 Å². The van der Waals surface area contributed by atoms with Crippen molar-refractivity contribution in [2.75, 3.05) is 7.05 Å². The van der Waals surface area contributed by atoms with E-state index in [1.165, 1.54) is 11.9 Å². The Labute approximate surface area is 255 Å². The Balaban J connectivity index is 1.51. The molecule has 2 aliphatic heterocycles. The predicted octanol–water partition coefficient (Wildman–Crippen LogP) is 4.87. The molecule has 0 spiro atoms. The zero-order valence-electron chi connectivity index (χ0n) is 26.3. The Morgan fingerprint density at radius 1 is 0.930 bits per heavy atom. The maximum absolute atomic E-state index is 14.0. The van der Waals surface area contributed by atoms with Gasteiger partial charge in [0.2, 0.25) is 17.7 Å². The highest BCUT2D eigenvalue weighted by Gasteiger charge is 2.44. The lowest BCUT2D eigenvalue weighted by atomic mass is 9.97. The molecule has 43 heavy (non-hydrogen) atoms. The van der Waals surface area contributed by atoms with Gasteiger partial charge in [-0.3, -0.25) is 19.3 Å². The van der Waals surface area contributed by atoms with Gasteiger partial charge in [0, 0.05) is 13.1 Å². The summed E-state index contributed by atoms with van der Waals surface area (Å²) in [4.78, 5) is 56.7. The van der Waals surface area contributed by atoms with Crippen molar-refractivity contribution in [2.45, 2.75) is 109 Å². The fourth-order valence-electron chi connectivity index (χ4n) is 5.89. The van der Waals surface area contributed by atoms with Gasteiger partial charge in [-0.1, -0.05) is 73.0 Å². The van der Waals surface area contributed by atoms with E-state index in [0.717, 1.165) is 42.4 Å². The SMILES string of the molecule is Cc1ccc([C@@H](NC(=O)[C@@H]2CC[C@@H]3CCCC[C@H](NC(=O)[C@H](C)N(C)C(=O)OC(C)(C)C)C(=O)N32)c2ccccc2)cc1. The molecule has 232 valence electrons. The molecule has 2 N–H and O–H groups in total. The summed E-state index contributed by atoms with van der Waals surface area (Å²) in [7, 11) is 1.51. The maximum atomic E-state index is 14.0. The average Bonchev–Trinajstić information content (AvgIpc) is 3.39. The molecule has 2 fully saturated rings. The van der Waals surface area contributed by atoms with Crippen LogP contribution in [-0.2, 0) is 19.1 Å². The second-order valence-electron chi connectivity index (χ2n) is 12.9. The molecule has 0 saturated carbocycles. The molecule has 9 nitrogen and oxygen atoms in total. The summed E-state index contributed by atoms with van der Waals surface area (Å²) in [6, 6.07) is 15.2. The first-order chi connectivity index (χ1) is 20.4. The summed E-state index contributed by atoms with van der Waals surface area (Å²) in [5, 5.41) is 6.14. The lowest BCUT2D eigenvalue weighted by Crippen LogP contribution is -2.58. The van der Waals surface area contributed by atoms with Crippen molar-refractivity contribution in [1.29, 1.82) is 0 Å². The molecule has 4 rings (SSSR count). The normalized spacial score (nSPS) is 22.0. The van der Waals surface area contributed by atoms with E-state index in [4.69, 9.17) is 4.74 Å². The Bertz CT molecular complexity index is 1290. The Morgan fingerprint density at radius 3 is 2.21 bits per heavy atom. The average molecular weight is 591 g/mol. The summed E-state index contributed by atoms with van der Waals surface area (Å²) in [6.07, 6.45) is 3.68. The molecule has 0 aliphatic carbocycles. The lowest BCUT2D eigenvalue weighted by Gasteiger charge is -2.36. The van der Waals surface area contributed by atoms with Gasteiger partial charge in [0.05, 0.1) is 6.04 Å². The molecule has 5 atom stereocenters. The zero-order valence-corrected chi connectivity index (χ0v) is 26.3. The number of hydrogen-bond acceptors (Lipinski definition) is 5. The number of benzene rings is 2. The van der Waals surface area contributed by atoms with Crippen molar-refractivity contribution >= 4 is 23.8 Å². The number of rotatable bonds is 7. The smallest absolute Gasteiger partial charge is 0.410 e. The summed E-state index contributed by atoms with van der Waals surface area (Å²) < 4.78 is 5.40. The van der Waals surface area contributed by atoms with E-state index in [2.05, 4.69) is 10.6 Å². The minimum absolute atomic E-state index is 0.0561. The Kier molecular flexibility index (Phi) is 10.1. The number of nitrogens with one attached hydrogen (secondary N) is 2. The van der Waals surface area contributed by atoms with Crippen LogP contribution in [0.2, 0.25) is 0 Å². The van der Waals surface area contributed by atoms with Crippen molar-refractivity contribution < 1.29 is 23.9 Å². The summed E-state index contributed by atoms with van der Waals surface area (Å²) in [5.41, 5.74) is 2.36. The van der Waals surface area contributed by atoms with Crippen molar-refractivity contribution in [3.8, 4) is 0 Å². The fourth-order valence-corrected chi connectivity index (χ4v) is 5.89. The van der Waals surface area contributed by atoms with E-state index in [9.17, 15) is 19.2 Å². The van der Waals surface area contributed by atoms with Crippen LogP contribution in [0.4, 0.5) is 4.79 Å². The van der Waals surface area contributed by atoms with Gasteiger partial charge in [-0.05, 0) is 71.4 Å². The highest BCUT2D eigenvalue weighted by Crippen LogP contribution is 2.32. The molecule has 2 saturated heterocycles. The van der Waals surface area contributed by atoms with Crippen LogP contribution in [0.25, 0.3) is 0 Å². The van der Waals surface area contributed by atoms with Gasteiger partial charge < -0.3 is 20.3 Å². The number of carbonyl (C=O) groups excluding carboxylic acids is 4. The van der Waals surface area contributed by atoms with Crippen LogP contribution in [0.1, 0.15) is 89.0 Å². The van der Waals surface area contributed by atoms with Crippen LogP contribution in [-0.4, -0.2) is 70.4 Å². The van der Waals surface area contributed by atoms with E-state index in [1.54, 1.807) is 32.6 Å². The van der Waals surface area contributed by atoms with E-state index in [0.29, 0.717) is 12.8 Å². The van der Waals surface area contributed by atoms with E-state index in [1.807, 2.05) is 61.5 Å². The van der Waals surface area contributed by atoms with Gasteiger partial charge in [0.1, 0.15) is 23.7 Å². The third-order valence-electron chi connectivity index (χ3n) is 8.43. The lowest BCUT2D eigenvalue weighted by molar-refractivity contribution is -0.144. The number of hydrogen-bond donors (Lipinski definition) is 2. The number of ether oxygens (including phenoxy) is 1. The third-order valence-corrected chi connectivity index (χ3v) is 8.43. The Hall–Kier alpha value is -3.88. The van der Waals surface area contributed by atoms with Gasteiger partial charge >= 0.3 is 6.09 Å². The molecule has 0 aromatic heterocycles. The molecular weight excluding hydrogens is 544 g/mol. The van der Waals surface area contributed by atoms with Gasteiger partial charge in [-0.15, -0.1) is 0 Å². The molecule has 2 aliphatic rings. The second-order valence-corrected chi connectivity index (χ2v) is 12.9. The topological polar surface area (TPSA) is 108 Å². The first kappa shape index (κ1) is 32.0. The second kappa shape index (κ2) is 13.6. The van der Waals surface area contributed by atoms with Crippen molar-refractivity contribution in [2.24, 2.45) is 0 Å². The number of carbonyl (C=O) groups is 4. The van der Waals surface area contributed by atoms with Crippen LogP contribution in [0.5, 0.6) is 0 Å². The molecule has 2 heterocycles. The van der Waals surface area contributed by atoms with Crippen LogP contribution in [0.15, 0.2) is 54.6 Å². The Morgan fingerprint density at radius 2 is 1.56 bits per heavy atom. The van der Waals surface area contributed by atoms with E-state index < -0.39 is 35.7 Å². The largest absolute Gasteiger partial charge is 0.444 e. The highest BCUT2D eigenvalue weighted by molar-refractivity contribution is 5.94. The van der Waals surface area contributed by atoms with Crippen molar-refractivity contribution in [3.63, 3.8) is 0 Å². The van der Waals surface area contributed by atoms with E-state index in [-0.39, 0.29) is 23.9 Å². The van der Waals surface area contributed by atoms with Crippen LogP contribution < -0.4 is 10.6 Å².